The summed E-state index contributed by atoms with van der Waals surface area (Å²) >= 11 is 3.14. The van der Waals surface area contributed by atoms with E-state index in [1.807, 2.05) is 0 Å². The molecule has 0 heterocycles. The molecule has 2 N–H and O–H groups in total. The average molecular weight is 287 g/mol. The number of carboxylic acid groups (broad SMARTS) is 2. The Hall–Kier alpha value is -1.36. The van der Waals surface area contributed by atoms with Crippen LogP contribution >= 0.6 is 15.9 Å². The largest absolute Gasteiger partial charge is 0.478 e. The number of rotatable bonds is 2. The predicted octanol–water partition coefficient (Wildman–Crippen LogP) is 2.77. The van der Waals surface area contributed by atoms with Crippen molar-refractivity contribution in [3.8, 4) is 0 Å². The molecule has 86 valence electrons. The predicted molar refractivity (Wildman–Crippen MR) is 62.3 cm³/mol. The van der Waals surface area contributed by atoms with Gasteiger partial charge in [-0.15, -0.1) is 0 Å². The molecule has 0 atom stereocenters. The fourth-order valence-electron chi connectivity index (χ4n) is 1.69. The molecule has 5 heteroatoms. The third-order valence-corrected chi connectivity index (χ3v) is 3.66. The van der Waals surface area contributed by atoms with Crippen LogP contribution in [0, 0.1) is 20.8 Å². The van der Waals surface area contributed by atoms with Crippen molar-refractivity contribution in [3.05, 3.63) is 32.3 Å². The van der Waals surface area contributed by atoms with Gasteiger partial charge >= 0.3 is 11.9 Å². The molecular formula is C11H11BrO4. The average Bonchev–Trinajstić information content (AvgIpc) is 2.14. The molecule has 0 unspecified atom stereocenters. The topological polar surface area (TPSA) is 74.6 Å². The van der Waals surface area contributed by atoms with Gasteiger partial charge in [0.2, 0.25) is 0 Å². The summed E-state index contributed by atoms with van der Waals surface area (Å²) in [6.07, 6.45) is 0. The van der Waals surface area contributed by atoms with Gasteiger partial charge in [0.1, 0.15) is 0 Å². The zero-order valence-electron chi connectivity index (χ0n) is 9.09. The summed E-state index contributed by atoms with van der Waals surface area (Å²) < 4.78 is 0.334. The molecule has 0 radical (unpaired) electrons. The van der Waals surface area contributed by atoms with Gasteiger partial charge in [0.15, 0.2) is 0 Å². The first-order valence-electron chi connectivity index (χ1n) is 4.54. The lowest BCUT2D eigenvalue weighted by Crippen LogP contribution is -2.11. The van der Waals surface area contributed by atoms with Gasteiger partial charge in [-0.3, -0.25) is 0 Å². The van der Waals surface area contributed by atoms with Gasteiger partial charge < -0.3 is 10.2 Å². The van der Waals surface area contributed by atoms with Gasteiger partial charge in [0, 0.05) is 4.47 Å². The van der Waals surface area contributed by atoms with Crippen LogP contribution in [0.3, 0.4) is 0 Å². The van der Waals surface area contributed by atoms with Crippen molar-refractivity contribution in [1.82, 2.24) is 0 Å². The summed E-state index contributed by atoms with van der Waals surface area (Å²) in [6.45, 7) is 4.81. The van der Waals surface area contributed by atoms with E-state index in [2.05, 4.69) is 15.9 Å². The van der Waals surface area contributed by atoms with Crippen LogP contribution in [0.4, 0.5) is 0 Å². The Labute approximate surface area is 101 Å². The van der Waals surface area contributed by atoms with E-state index in [0.29, 0.717) is 21.2 Å². The summed E-state index contributed by atoms with van der Waals surface area (Å²) in [5, 5.41) is 18.1. The molecule has 0 aromatic heterocycles. The summed E-state index contributed by atoms with van der Waals surface area (Å²) in [4.78, 5) is 22.1. The molecule has 16 heavy (non-hydrogen) atoms. The maximum absolute atomic E-state index is 11.1. The smallest absolute Gasteiger partial charge is 0.337 e. The Bertz CT molecular complexity index is 417. The van der Waals surface area contributed by atoms with Crippen LogP contribution in [0.15, 0.2) is 4.47 Å². The second kappa shape index (κ2) is 4.25. The van der Waals surface area contributed by atoms with Gasteiger partial charge in [-0.25, -0.2) is 9.59 Å². The molecule has 0 saturated carbocycles. The normalized spacial score (nSPS) is 10.2. The first-order chi connectivity index (χ1) is 7.29. The molecule has 0 aliphatic heterocycles. The summed E-state index contributed by atoms with van der Waals surface area (Å²) in [5.41, 5.74) is 1.69. The zero-order chi connectivity index (χ0) is 12.6. The maximum atomic E-state index is 11.1. The van der Waals surface area contributed by atoms with Gasteiger partial charge in [-0.05, 0) is 53.4 Å². The van der Waals surface area contributed by atoms with Crippen molar-refractivity contribution in [2.24, 2.45) is 0 Å². The lowest BCUT2D eigenvalue weighted by Gasteiger charge is -2.14. The van der Waals surface area contributed by atoms with Crippen molar-refractivity contribution < 1.29 is 19.8 Å². The molecule has 0 amide bonds. The van der Waals surface area contributed by atoms with E-state index in [0.717, 1.165) is 0 Å². The molecule has 1 rings (SSSR count). The van der Waals surface area contributed by atoms with Gasteiger partial charge in [0.05, 0.1) is 11.1 Å². The highest BCUT2D eigenvalue weighted by Crippen LogP contribution is 2.31. The molecule has 0 aliphatic carbocycles. The highest BCUT2D eigenvalue weighted by molar-refractivity contribution is 9.10. The van der Waals surface area contributed by atoms with E-state index in [-0.39, 0.29) is 11.1 Å². The fraction of sp³-hybridized carbons (Fsp3) is 0.273. The molecule has 0 aliphatic rings. The van der Waals surface area contributed by atoms with Crippen molar-refractivity contribution in [2.75, 3.05) is 0 Å². The Morgan fingerprint density at radius 2 is 1.25 bits per heavy atom. The monoisotopic (exact) mass is 286 g/mol. The van der Waals surface area contributed by atoms with Gasteiger partial charge in [0.25, 0.3) is 0 Å². The minimum atomic E-state index is -1.06. The number of hydrogen-bond donors (Lipinski definition) is 2. The van der Waals surface area contributed by atoms with E-state index in [1.165, 1.54) is 0 Å². The molecular weight excluding hydrogens is 276 g/mol. The fourth-order valence-corrected chi connectivity index (χ4v) is 2.36. The summed E-state index contributed by atoms with van der Waals surface area (Å²) in [5.74, 6) is -2.11. The molecule has 1 aromatic rings. The zero-order valence-corrected chi connectivity index (χ0v) is 10.7. The minimum absolute atomic E-state index is 0.125. The molecule has 0 spiro atoms. The number of hydrogen-bond acceptors (Lipinski definition) is 2. The third-order valence-electron chi connectivity index (χ3n) is 2.66. The van der Waals surface area contributed by atoms with Gasteiger partial charge in [-0.2, -0.15) is 0 Å². The number of benzene rings is 1. The van der Waals surface area contributed by atoms with Crippen LogP contribution in [0.25, 0.3) is 0 Å². The van der Waals surface area contributed by atoms with Crippen LogP contribution in [0.2, 0.25) is 0 Å². The second-order valence-electron chi connectivity index (χ2n) is 3.55. The van der Waals surface area contributed by atoms with Gasteiger partial charge in [-0.1, -0.05) is 0 Å². The van der Waals surface area contributed by atoms with E-state index < -0.39 is 11.9 Å². The summed E-state index contributed by atoms with van der Waals surface area (Å²) in [6, 6.07) is 0. The third kappa shape index (κ3) is 1.82. The lowest BCUT2D eigenvalue weighted by molar-refractivity contribution is 0.0678. The van der Waals surface area contributed by atoms with Crippen LogP contribution in [-0.2, 0) is 0 Å². The minimum Gasteiger partial charge on any atom is -0.478 e. The molecule has 4 nitrogen and oxygen atoms in total. The molecule has 0 saturated heterocycles. The number of carbonyl (C=O) groups is 2. The number of carboxylic acids is 2. The van der Waals surface area contributed by atoms with E-state index in [4.69, 9.17) is 10.2 Å². The number of halogens is 1. The highest BCUT2D eigenvalue weighted by Gasteiger charge is 2.23. The Balaban J connectivity index is 3.77. The first-order valence-corrected chi connectivity index (χ1v) is 5.34. The van der Waals surface area contributed by atoms with Crippen LogP contribution in [0.1, 0.15) is 37.4 Å². The standard InChI is InChI=1S/C11H11BrO4/c1-4-5(2)8(11(15)16)9(12)6(3)7(4)10(13)14/h1-3H3,(H,13,14)(H,15,16). The maximum Gasteiger partial charge on any atom is 0.337 e. The van der Waals surface area contributed by atoms with E-state index >= 15 is 0 Å². The Kier molecular flexibility index (Phi) is 3.38. The molecule has 0 fully saturated rings. The second-order valence-corrected chi connectivity index (χ2v) is 4.34. The van der Waals surface area contributed by atoms with Crippen LogP contribution in [0.5, 0.6) is 0 Å². The van der Waals surface area contributed by atoms with Crippen LogP contribution < -0.4 is 0 Å². The van der Waals surface area contributed by atoms with Crippen LogP contribution in [-0.4, -0.2) is 22.2 Å². The SMILES string of the molecule is Cc1c(C)c(C(=O)O)c(Br)c(C)c1C(=O)O. The van der Waals surface area contributed by atoms with Crippen molar-refractivity contribution in [1.29, 1.82) is 0 Å². The van der Waals surface area contributed by atoms with E-state index in [9.17, 15) is 9.59 Å². The van der Waals surface area contributed by atoms with Crippen molar-refractivity contribution in [3.63, 3.8) is 0 Å². The highest BCUT2D eigenvalue weighted by atomic mass is 79.9. The van der Waals surface area contributed by atoms with E-state index in [1.54, 1.807) is 20.8 Å². The quantitative estimate of drug-likeness (QED) is 0.877. The molecule has 1 aromatic carbocycles. The Morgan fingerprint density at radius 3 is 1.62 bits per heavy atom. The number of aromatic carboxylic acids is 2. The first kappa shape index (κ1) is 12.7. The lowest BCUT2D eigenvalue weighted by atomic mass is 9.94. The van der Waals surface area contributed by atoms with Crippen molar-refractivity contribution in [2.45, 2.75) is 20.8 Å². The van der Waals surface area contributed by atoms with Crippen molar-refractivity contribution >= 4 is 27.9 Å². The summed E-state index contributed by atoms with van der Waals surface area (Å²) in [7, 11) is 0. The molecule has 0 bridgehead atoms. The Morgan fingerprint density at radius 1 is 0.875 bits per heavy atom.